The molecule has 0 radical (unpaired) electrons. The largest absolute Gasteiger partial charge is 0.471 e. The molecule has 6 nitrogen and oxygen atoms in total. The molecule has 1 aliphatic heterocycles. The first kappa shape index (κ1) is 20.3. The number of aromatic nitrogens is 3. The molecule has 0 atom stereocenters. The summed E-state index contributed by atoms with van der Waals surface area (Å²) in [6.07, 6.45) is 10.3. The predicted octanol–water partition coefficient (Wildman–Crippen LogP) is 4.15. The van der Waals surface area contributed by atoms with Crippen LogP contribution in [0.15, 0.2) is 48.9 Å². The Balaban J connectivity index is 0.00000218. The Bertz CT molecular complexity index is 1060. The Morgan fingerprint density at radius 1 is 1.07 bits per heavy atom. The number of carbonyl (C=O) groups is 1. The highest BCUT2D eigenvalue weighted by Gasteiger charge is 2.26. The van der Waals surface area contributed by atoms with Gasteiger partial charge in [0, 0.05) is 42.7 Å². The molecule has 1 fully saturated rings. The third-order valence-electron chi connectivity index (χ3n) is 5.57. The number of pyridine rings is 3. The number of ether oxygens (including phenoxy) is 1. The second kappa shape index (κ2) is 8.79. The van der Waals surface area contributed by atoms with Crippen molar-refractivity contribution < 1.29 is 9.53 Å². The molecule has 0 spiro atoms. The first-order chi connectivity index (χ1) is 14.3. The highest BCUT2D eigenvalue weighted by atomic mass is 35.5. The summed E-state index contributed by atoms with van der Waals surface area (Å²) in [5, 5.41) is 0. The monoisotopic (exact) mass is 422 g/mol. The van der Waals surface area contributed by atoms with Crippen LogP contribution in [0, 0.1) is 0 Å². The summed E-state index contributed by atoms with van der Waals surface area (Å²) >= 11 is 0. The second-order valence-corrected chi connectivity index (χ2v) is 7.48. The van der Waals surface area contributed by atoms with E-state index in [9.17, 15) is 4.79 Å². The lowest BCUT2D eigenvalue weighted by atomic mass is 9.89. The van der Waals surface area contributed by atoms with E-state index in [4.69, 9.17) is 9.72 Å². The van der Waals surface area contributed by atoms with Crippen molar-refractivity contribution in [1.29, 1.82) is 0 Å². The lowest BCUT2D eigenvalue weighted by Crippen LogP contribution is -2.43. The molecule has 30 heavy (non-hydrogen) atoms. The molecular formula is C23H23ClN4O2. The average Bonchev–Trinajstić information content (AvgIpc) is 2.77. The highest BCUT2D eigenvalue weighted by molar-refractivity contribution is 5.99. The van der Waals surface area contributed by atoms with Crippen molar-refractivity contribution in [1.82, 2.24) is 15.0 Å². The number of nitrogens with zero attached hydrogens (tertiary/aromatic N) is 4. The first-order valence-electron chi connectivity index (χ1n) is 10.1. The quantitative estimate of drug-likeness (QED) is 0.577. The third kappa shape index (κ3) is 4.00. The predicted molar refractivity (Wildman–Crippen MR) is 117 cm³/mol. The van der Waals surface area contributed by atoms with Crippen molar-refractivity contribution in [3.05, 3.63) is 65.9 Å². The molecule has 4 heterocycles. The zero-order valence-electron chi connectivity index (χ0n) is 16.6. The molecule has 0 bridgehead atoms. The summed E-state index contributed by atoms with van der Waals surface area (Å²) < 4.78 is 5.99. The maximum atomic E-state index is 11.8. The van der Waals surface area contributed by atoms with E-state index >= 15 is 0 Å². The van der Waals surface area contributed by atoms with E-state index in [1.54, 1.807) is 17.3 Å². The van der Waals surface area contributed by atoms with E-state index in [-0.39, 0.29) is 18.3 Å². The Kier molecular flexibility index (Phi) is 5.95. The number of fused-ring (bicyclic) bond motifs is 1. The van der Waals surface area contributed by atoms with Crippen LogP contribution in [0.5, 0.6) is 5.88 Å². The SMILES string of the molecule is Cl.O=C1CCN1c1cncc(-c2cc(OCc3ccccn3)nc3c2CCCC3)c1. The van der Waals surface area contributed by atoms with Crippen molar-refractivity contribution >= 4 is 24.0 Å². The molecule has 3 aromatic rings. The molecule has 0 aromatic carbocycles. The molecule has 7 heteroatoms. The smallest absolute Gasteiger partial charge is 0.228 e. The molecular weight excluding hydrogens is 400 g/mol. The van der Waals surface area contributed by atoms with Crippen molar-refractivity contribution in [2.24, 2.45) is 0 Å². The fraction of sp³-hybridized carbons (Fsp3) is 0.304. The van der Waals surface area contributed by atoms with Gasteiger partial charge in [0.25, 0.3) is 0 Å². The number of halogens is 1. The Morgan fingerprint density at radius 3 is 2.73 bits per heavy atom. The molecule has 0 saturated carbocycles. The summed E-state index contributed by atoms with van der Waals surface area (Å²) in [5.74, 6) is 0.761. The van der Waals surface area contributed by atoms with Gasteiger partial charge in [-0.25, -0.2) is 4.98 Å². The minimum Gasteiger partial charge on any atom is -0.471 e. The topological polar surface area (TPSA) is 68.2 Å². The summed E-state index contributed by atoms with van der Waals surface area (Å²) in [6.45, 7) is 1.14. The van der Waals surface area contributed by atoms with Gasteiger partial charge in [-0.1, -0.05) is 6.07 Å². The molecule has 3 aromatic heterocycles. The molecule has 1 amide bonds. The van der Waals surface area contributed by atoms with Crippen molar-refractivity contribution in [3.8, 4) is 17.0 Å². The van der Waals surface area contributed by atoms with Crippen LogP contribution in [-0.2, 0) is 24.2 Å². The van der Waals surface area contributed by atoms with Gasteiger partial charge < -0.3 is 9.64 Å². The summed E-state index contributed by atoms with van der Waals surface area (Å²) in [6, 6.07) is 9.84. The van der Waals surface area contributed by atoms with Crippen molar-refractivity contribution in [2.75, 3.05) is 11.4 Å². The maximum Gasteiger partial charge on any atom is 0.228 e. The molecule has 1 saturated heterocycles. The minimum atomic E-state index is 0. The van der Waals surface area contributed by atoms with Crippen LogP contribution in [-0.4, -0.2) is 27.4 Å². The van der Waals surface area contributed by atoms with Gasteiger partial charge in [-0.15, -0.1) is 12.4 Å². The third-order valence-corrected chi connectivity index (χ3v) is 5.57. The fourth-order valence-corrected chi connectivity index (χ4v) is 3.95. The Morgan fingerprint density at radius 2 is 1.97 bits per heavy atom. The van der Waals surface area contributed by atoms with Gasteiger partial charge in [-0.05, 0) is 55.0 Å². The zero-order valence-corrected chi connectivity index (χ0v) is 17.4. The number of anilines is 1. The lowest BCUT2D eigenvalue weighted by molar-refractivity contribution is -0.122. The lowest BCUT2D eigenvalue weighted by Gasteiger charge is -2.30. The molecule has 0 N–H and O–H groups in total. The van der Waals surface area contributed by atoms with E-state index in [0.717, 1.165) is 60.4 Å². The van der Waals surface area contributed by atoms with E-state index in [1.165, 1.54) is 5.56 Å². The Labute approximate surface area is 181 Å². The van der Waals surface area contributed by atoms with E-state index < -0.39 is 0 Å². The highest BCUT2D eigenvalue weighted by Crippen LogP contribution is 2.35. The summed E-state index contributed by atoms with van der Waals surface area (Å²) in [7, 11) is 0. The van der Waals surface area contributed by atoms with Crippen molar-refractivity contribution in [3.63, 3.8) is 0 Å². The van der Waals surface area contributed by atoms with Gasteiger partial charge in [0.2, 0.25) is 11.8 Å². The van der Waals surface area contributed by atoms with Crippen molar-refractivity contribution in [2.45, 2.75) is 38.7 Å². The summed E-state index contributed by atoms with van der Waals surface area (Å²) in [5.41, 5.74) is 6.22. The number of hydrogen-bond donors (Lipinski definition) is 0. The van der Waals surface area contributed by atoms with Crippen LogP contribution in [0.2, 0.25) is 0 Å². The zero-order chi connectivity index (χ0) is 19.6. The van der Waals surface area contributed by atoms with Crippen LogP contribution in [0.3, 0.4) is 0 Å². The summed E-state index contributed by atoms with van der Waals surface area (Å²) in [4.78, 5) is 27.1. The number of aryl methyl sites for hydroxylation is 1. The standard InChI is InChI=1S/C23H22N4O2.ClH/c28-23-8-10-27(23)18-11-16(13-24-14-18)20-12-22(26-21-7-2-1-6-19(20)21)29-15-17-5-3-4-9-25-17;/h3-5,9,11-14H,1-2,6-8,10,15H2;1H. The van der Waals surface area contributed by atoms with Crippen LogP contribution in [0.4, 0.5) is 5.69 Å². The number of amides is 1. The molecule has 1 aliphatic carbocycles. The van der Waals surface area contributed by atoms with Gasteiger partial charge in [0.1, 0.15) is 6.61 Å². The maximum absolute atomic E-state index is 11.8. The Hall–Kier alpha value is -2.99. The van der Waals surface area contributed by atoms with Gasteiger partial charge in [0.15, 0.2) is 0 Å². The number of rotatable bonds is 5. The van der Waals surface area contributed by atoms with Gasteiger partial charge >= 0.3 is 0 Å². The molecule has 0 unspecified atom stereocenters. The number of β-lactam (4-membered cyclic amide) rings is 1. The van der Waals surface area contributed by atoms with E-state index in [1.807, 2.05) is 30.5 Å². The number of carbonyl (C=O) groups excluding carboxylic acids is 1. The second-order valence-electron chi connectivity index (χ2n) is 7.48. The number of hydrogen-bond acceptors (Lipinski definition) is 5. The van der Waals surface area contributed by atoms with Gasteiger partial charge in [-0.3, -0.25) is 14.8 Å². The molecule has 154 valence electrons. The fourth-order valence-electron chi connectivity index (χ4n) is 3.95. The first-order valence-corrected chi connectivity index (χ1v) is 10.1. The molecule has 2 aliphatic rings. The van der Waals surface area contributed by atoms with Crippen LogP contribution >= 0.6 is 12.4 Å². The van der Waals surface area contributed by atoms with Crippen LogP contribution < -0.4 is 9.64 Å². The molecule has 5 rings (SSSR count). The minimum absolute atomic E-state index is 0. The van der Waals surface area contributed by atoms with Gasteiger partial charge in [-0.2, -0.15) is 0 Å². The van der Waals surface area contributed by atoms with E-state index in [0.29, 0.717) is 18.9 Å². The average molecular weight is 423 g/mol. The normalized spacial score (nSPS) is 15.1. The van der Waals surface area contributed by atoms with Crippen LogP contribution in [0.25, 0.3) is 11.1 Å². The van der Waals surface area contributed by atoms with E-state index in [2.05, 4.69) is 16.0 Å². The van der Waals surface area contributed by atoms with Gasteiger partial charge in [0.05, 0.1) is 17.6 Å². The van der Waals surface area contributed by atoms with Crippen LogP contribution in [0.1, 0.15) is 36.2 Å².